The summed E-state index contributed by atoms with van der Waals surface area (Å²) in [6.07, 6.45) is 43.2. The average Bonchev–Trinajstić information content (AvgIpc) is 3.68. The summed E-state index contributed by atoms with van der Waals surface area (Å²) in [5.74, 6) is 0.127. The second-order valence-corrected chi connectivity index (χ2v) is 28.8. The van der Waals surface area contributed by atoms with E-state index in [1.54, 1.807) is 0 Å². The Balaban J connectivity index is 5.19. The molecule has 0 aromatic heterocycles. The summed E-state index contributed by atoms with van der Waals surface area (Å²) in [6.45, 7) is 11.8. The summed E-state index contributed by atoms with van der Waals surface area (Å²) in [4.78, 5) is 72.4. The molecule has 0 amide bonds. The van der Waals surface area contributed by atoms with Gasteiger partial charge < -0.3 is 33.8 Å². The summed E-state index contributed by atoms with van der Waals surface area (Å²) < 4.78 is 68.1. The molecule has 0 heterocycles. The van der Waals surface area contributed by atoms with Gasteiger partial charge in [0.1, 0.15) is 19.3 Å². The van der Waals surface area contributed by atoms with E-state index >= 15 is 0 Å². The van der Waals surface area contributed by atoms with Gasteiger partial charge in [-0.3, -0.25) is 37.3 Å². The number of hydrogen-bond donors (Lipinski definition) is 3. The molecular formula is C69H134O17P2. The fourth-order valence-corrected chi connectivity index (χ4v) is 11.9. The molecule has 0 rings (SSSR count). The third-order valence-corrected chi connectivity index (χ3v) is 18.5. The summed E-state index contributed by atoms with van der Waals surface area (Å²) in [7, 11) is -9.90. The number of phosphoric ester groups is 2. The topological polar surface area (TPSA) is 237 Å². The van der Waals surface area contributed by atoms with Crippen LogP contribution in [0.2, 0.25) is 0 Å². The van der Waals surface area contributed by atoms with E-state index in [0.29, 0.717) is 25.7 Å². The normalized spacial score (nSPS) is 14.9. The van der Waals surface area contributed by atoms with Crippen molar-refractivity contribution in [3.05, 3.63) is 0 Å². The molecule has 3 N–H and O–H groups in total. The number of aliphatic hydroxyl groups excluding tert-OH is 1. The Hall–Kier alpha value is -1.94. The molecule has 19 heteroatoms. The number of phosphoric acid groups is 2. The van der Waals surface area contributed by atoms with Crippen LogP contribution in [0.15, 0.2) is 0 Å². The van der Waals surface area contributed by atoms with Crippen LogP contribution in [0, 0.1) is 17.8 Å². The number of ether oxygens (including phenoxy) is 4. The molecule has 17 nitrogen and oxygen atoms in total. The molecule has 0 aromatic rings. The summed E-state index contributed by atoms with van der Waals surface area (Å²) in [5, 5.41) is 10.6. The first-order valence-electron chi connectivity index (χ1n) is 35.9. The zero-order valence-electron chi connectivity index (χ0n) is 57.2. The molecule has 7 atom stereocenters. The van der Waals surface area contributed by atoms with Crippen LogP contribution in [-0.4, -0.2) is 96.7 Å². The van der Waals surface area contributed by atoms with Crippen LogP contribution in [0.3, 0.4) is 0 Å². The van der Waals surface area contributed by atoms with E-state index in [1.165, 1.54) is 148 Å². The predicted octanol–water partition coefficient (Wildman–Crippen LogP) is 19.5. The smallest absolute Gasteiger partial charge is 0.462 e. The average molecular weight is 1300 g/mol. The van der Waals surface area contributed by atoms with Crippen LogP contribution in [0.25, 0.3) is 0 Å². The number of rotatable bonds is 67. The Morgan fingerprint density at radius 3 is 0.864 bits per heavy atom. The van der Waals surface area contributed by atoms with Crippen molar-refractivity contribution in [3.63, 3.8) is 0 Å². The number of esters is 4. The van der Waals surface area contributed by atoms with E-state index in [-0.39, 0.29) is 25.7 Å². The molecule has 4 unspecified atom stereocenters. The molecule has 88 heavy (non-hydrogen) atoms. The van der Waals surface area contributed by atoms with E-state index < -0.39 is 97.5 Å². The van der Waals surface area contributed by atoms with Crippen molar-refractivity contribution < 1.29 is 80.2 Å². The Morgan fingerprint density at radius 1 is 0.330 bits per heavy atom. The SMILES string of the molecule is CCCCCCCCCCCC(=O)OC[C@H](COP(=O)(O)OC[C@H](O)COP(=O)(O)OC[C@@H](COC(=O)CCCCCCCCC(C)CC)OC(=O)CCCCCCCCCCCCCCCCCCC(C)C)OC(=O)CCCCCCCCC(C)CC. The number of hydrogen-bond acceptors (Lipinski definition) is 15. The highest BCUT2D eigenvalue weighted by Gasteiger charge is 2.30. The molecular weight excluding hydrogens is 1160 g/mol. The molecule has 0 aliphatic heterocycles. The predicted molar refractivity (Wildman–Crippen MR) is 354 cm³/mol. The first-order valence-corrected chi connectivity index (χ1v) is 38.9. The molecule has 522 valence electrons. The Labute approximate surface area is 537 Å². The first-order chi connectivity index (χ1) is 42.3. The second kappa shape index (κ2) is 60.0. The fourth-order valence-electron chi connectivity index (χ4n) is 10.3. The Kier molecular flexibility index (Phi) is 58.7. The highest BCUT2D eigenvalue weighted by Crippen LogP contribution is 2.45. The van der Waals surface area contributed by atoms with E-state index in [1.807, 2.05) is 0 Å². The van der Waals surface area contributed by atoms with Crippen LogP contribution < -0.4 is 0 Å². The first kappa shape index (κ1) is 86.1. The number of aliphatic hydroxyl groups is 1. The van der Waals surface area contributed by atoms with E-state index in [4.69, 9.17) is 37.0 Å². The van der Waals surface area contributed by atoms with E-state index in [9.17, 15) is 43.2 Å². The van der Waals surface area contributed by atoms with Crippen molar-refractivity contribution >= 4 is 39.5 Å². The van der Waals surface area contributed by atoms with Crippen molar-refractivity contribution in [2.24, 2.45) is 17.8 Å². The minimum Gasteiger partial charge on any atom is -0.462 e. The molecule has 0 aliphatic rings. The van der Waals surface area contributed by atoms with Gasteiger partial charge in [-0.25, -0.2) is 9.13 Å². The van der Waals surface area contributed by atoms with Crippen LogP contribution in [0.1, 0.15) is 344 Å². The maximum atomic E-state index is 13.0. The van der Waals surface area contributed by atoms with E-state index in [2.05, 4.69) is 48.5 Å². The largest absolute Gasteiger partial charge is 0.472 e. The van der Waals surface area contributed by atoms with Gasteiger partial charge in [-0.05, 0) is 43.4 Å². The lowest BCUT2D eigenvalue weighted by Gasteiger charge is -2.21. The molecule has 0 fully saturated rings. The lowest BCUT2D eigenvalue weighted by molar-refractivity contribution is -0.161. The molecule has 0 saturated carbocycles. The van der Waals surface area contributed by atoms with Gasteiger partial charge in [0.2, 0.25) is 0 Å². The molecule has 0 spiro atoms. The van der Waals surface area contributed by atoms with Gasteiger partial charge in [0.25, 0.3) is 0 Å². The Bertz CT molecular complexity index is 1740. The zero-order chi connectivity index (χ0) is 65.2. The summed E-state index contributed by atoms with van der Waals surface area (Å²) >= 11 is 0. The standard InChI is InChI=1S/C69H134O17P2/c1-8-11-12-13-14-23-27-36-43-50-66(71)79-56-65(86-69(74)53-46-39-32-30-35-42-49-62(7)10-3)59-84-88(77,78)82-55-63(70)54-81-87(75,76)83-58-64(57-80-67(72)51-44-37-31-29-34-41-48-61(6)9-2)85-68(73)52-45-38-28-25-22-20-18-16-15-17-19-21-24-26-33-40-47-60(4)5/h60-65,70H,8-59H2,1-7H3,(H,75,76)(H,77,78)/t61?,62?,63-,64-,65-/m1/s1. The Morgan fingerprint density at radius 2 is 0.580 bits per heavy atom. The van der Waals surface area contributed by atoms with Crippen LogP contribution >= 0.6 is 15.6 Å². The van der Waals surface area contributed by atoms with Crippen LogP contribution in [-0.2, 0) is 65.4 Å². The van der Waals surface area contributed by atoms with Gasteiger partial charge in [0.15, 0.2) is 12.2 Å². The minimum absolute atomic E-state index is 0.103. The molecule has 0 radical (unpaired) electrons. The molecule has 0 aliphatic carbocycles. The number of carbonyl (C=O) groups excluding carboxylic acids is 4. The molecule has 0 bridgehead atoms. The van der Waals surface area contributed by atoms with Gasteiger partial charge in [-0.1, -0.05) is 292 Å². The van der Waals surface area contributed by atoms with Crippen LogP contribution in [0.5, 0.6) is 0 Å². The quantitative estimate of drug-likeness (QED) is 0.0222. The van der Waals surface area contributed by atoms with Crippen molar-refractivity contribution in [1.29, 1.82) is 0 Å². The summed E-state index contributed by atoms with van der Waals surface area (Å²) in [6, 6.07) is 0. The second-order valence-electron chi connectivity index (χ2n) is 25.9. The molecule has 0 saturated heterocycles. The maximum Gasteiger partial charge on any atom is 0.472 e. The third kappa shape index (κ3) is 60.3. The van der Waals surface area contributed by atoms with Gasteiger partial charge in [-0.15, -0.1) is 0 Å². The van der Waals surface area contributed by atoms with Gasteiger partial charge in [0, 0.05) is 25.7 Å². The third-order valence-electron chi connectivity index (χ3n) is 16.6. The fraction of sp³-hybridized carbons (Fsp3) is 0.942. The van der Waals surface area contributed by atoms with Crippen LogP contribution in [0.4, 0.5) is 0 Å². The highest BCUT2D eigenvalue weighted by molar-refractivity contribution is 7.47. The van der Waals surface area contributed by atoms with E-state index in [0.717, 1.165) is 114 Å². The maximum absolute atomic E-state index is 13.0. The minimum atomic E-state index is -4.95. The lowest BCUT2D eigenvalue weighted by atomic mass is 10.00. The molecule has 0 aromatic carbocycles. The van der Waals surface area contributed by atoms with Gasteiger partial charge in [0.05, 0.1) is 26.4 Å². The zero-order valence-corrected chi connectivity index (χ0v) is 59.0. The monoisotopic (exact) mass is 1300 g/mol. The van der Waals surface area contributed by atoms with Crippen molar-refractivity contribution in [1.82, 2.24) is 0 Å². The van der Waals surface area contributed by atoms with Crippen molar-refractivity contribution in [3.8, 4) is 0 Å². The van der Waals surface area contributed by atoms with Gasteiger partial charge >= 0.3 is 39.5 Å². The van der Waals surface area contributed by atoms with Crippen molar-refractivity contribution in [2.75, 3.05) is 39.6 Å². The lowest BCUT2D eigenvalue weighted by Crippen LogP contribution is -2.30. The highest BCUT2D eigenvalue weighted by atomic mass is 31.2. The number of unbranched alkanes of at least 4 members (excludes halogenated alkanes) is 33. The number of carbonyl (C=O) groups is 4. The van der Waals surface area contributed by atoms with Crippen molar-refractivity contribution in [2.45, 2.75) is 362 Å². The summed E-state index contributed by atoms with van der Waals surface area (Å²) in [5.41, 5.74) is 0. The van der Waals surface area contributed by atoms with Gasteiger partial charge in [-0.2, -0.15) is 0 Å².